The molecule has 9 heteroatoms. The van der Waals surface area contributed by atoms with E-state index in [-0.39, 0.29) is 13.0 Å². The third-order valence-corrected chi connectivity index (χ3v) is 4.56. The number of nitrogens with one attached hydrogen (secondary N) is 2. The second kappa shape index (κ2) is 11.8. The van der Waals surface area contributed by atoms with Gasteiger partial charge in [-0.15, -0.1) is 0 Å². The van der Waals surface area contributed by atoms with Crippen molar-refractivity contribution >= 4 is 29.6 Å². The van der Waals surface area contributed by atoms with Crippen LogP contribution in [0.1, 0.15) is 11.1 Å². The lowest BCUT2D eigenvalue weighted by atomic mass is 10.1. The summed E-state index contributed by atoms with van der Waals surface area (Å²) in [6.07, 6.45) is -0.803. The fourth-order valence-electron chi connectivity index (χ4n) is 2.59. The van der Waals surface area contributed by atoms with Crippen LogP contribution in [0.5, 0.6) is 0 Å². The summed E-state index contributed by atoms with van der Waals surface area (Å²) >= 11 is 6.12. The van der Waals surface area contributed by atoms with E-state index in [1.807, 2.05) is 6.07 Å². The molecular weight excluding hydrogens is 412 g/mol. The first-order valence-corrected chi connectivity index (χ1v) is 9.52. The average Bonchev–Trinajstić information content (AvgIpc) is 2.77. The van der Waals surface area contributed by atoms with Gasteiger partial charge in [0.15, 0.2) is 0 Å². The highest BCUT2D eigenvalue weighted by Gasteiger charge is 2.28. The van der Waals surface area contributed by atoms with Crippen molar-refractivity contribution in [2.24, 2.45) is 0 Å². The maximum absolute atomic E-state index is 12.5. The maximum Gasteiger partial charge on any atom is 0.408 e. The number of esters is 1. The molecule has 0 aliphatic carbocycles. The zero-order chi connectivity index (χ0) is 21.9. The van der Waals surface area contributed by atoms with Crippen molar-refractivity contribution in [1.29, 1.82) is 0 Å². The van der Waals surface area contributed by atoms with Crippen molar-refractivity contribution in [1.82, 2.24) is 10.6 Å². The molecule has 0 saturated carbocycles. The van der Waals surface area contributed by atoms with E-state index in [0.717, 1.165) is 5.56 Å². The summed E-state index contributed by atoms with van der Waals surface area (Å²) in [6.45, 7) is -0.685. The molecular formula is C21H23ClN2O6. The van der Waals surface area contributed by atoms with Gasteiger partial charge in [-0.1, -0.05) is 60.1 Å². The Kier molecular flexibility index (Phi) is 9.11. The van der Waals surface area contributed by atoms with Gasteiger partial charge in [0, 0.05) is 11.4 Å². The molecule has 160 valence electrons. The molecule has 2 aromatic carbocycles. The molecule has 0 bridgehead atoms. The fourth-order valence-corrected chi connectivity index (χ4v) is 2.81. The Balaban J connectivity index is 1.96. The van der Waals surface area contributed by atoms with Crippen LogP contribution in [0, 0.1) is 0 Å². The largest absolute Gasteiger partial charge is 0.467 e. The molecule has 3 N–H and O–H groups in total. The number of carbonyl (C=O) groups excluding carboxylic acids is 3. The van der Waals surface area contributed by atoms with Gasteiger partial charge >= 0.3 is 12.1 Å². The minimum absolute atomic E-state index is 0.00370. The van der Waals surface area contributed by atoms with Gasteiger partial charge < -0.3 is 25.2 Å². The van der Waals surface area contributed by atoms with Crippen LogP contribution in [0.15, 0.2) is 54.6 Å². The first-order valence-electron chi connectivity index (χ1n) is 9.14. The normalized spacial score (nSPS) is 12.4. The highest BCUT2D eigenvalue weighted by molar-refractivity contribution is 6.31. The molecule has 0 fully saturated rings. The lowest BCUT2D eigenvalue weighted by Gasteiger charge is -2.21. The predicted molar refractivity (Wildman–Crippen MR) is 110 cm³/mol. The van der Waals surface area contributed by atoms with Crippen molar-refractivity contribution in [2.75, 3.05) is 13.7 Å². The third-order valence-electron chi connectivity index (χ3n) is 4.19. The van der Waals surface area contributed by atoms with Crippen molar-refractivity contribution < 1.29 is 29.0 Å². The Labute approximate surface area is 179 Å². The van der Waals surface area contributed by atoms with E-state index >= 15 is 0 Å². The summed E-state index contributed by atoms with van der Waals surface area (Å²) in [5, 5.41) is 14.7. The number of carbonyl (C=O) groups is 3. The van der Waals surface area contributed by atoms with Gasteiger partial charge in [-0.2, -0.15) is 0 Å². The molecule has 8 nitrogen and oxygen atoms in total. The number of aliphatic hydroxyl groups excluding tert-OH is 1. The Bertz CT molecular complexity index is 862. The molecule has 0 radical (unpaired) electrons. The smallest absolute Gasteiger partial charge is 0.408 e. The predicted octanol–water partition coefficient (Wildman–Crippen LogP) is 1.83. The van der Waals surface area contributed by atoms with E-state index in [1.54, 1.807) is 48.5 Å². The van der Waals surface area contributed by atoms with E-state index < -0.39 is 36.7 Å². The zero-order valence-electron chi connectivity index (χ0n) is 16.3. The van der Waals surface area contributed by atoms with Gasteiger partial charge in [0.05, 0.1) is 13.7 Å². The molecule has 0 spiro atoms. The number of amides is 2. The number of benzene rings is 2. The molecule has 30 heavy (non-hydrogen) atoms. The van der Waals surface area contributed by atoms with Crippen molar-refractivity contribution in [3.63, 3.8) is 0 Å². The highest BCUT2D eigenvalue weighted by Crippen LogP contribution is 2.17. The van der Waals surface area contributed by atoms with Gasteiger partial charge in [-0.05, 0) is 17.2 Å². The number of ether oxygens (including phenoxy) is 2. The van der Waals surface area contributed by atoms with Crippen LogP contribution in [0.25, 0.3) is 0 Å². The van der Waals surface area contributed by atoms with E-state index in [0.29, 0.717) is 10.6 Å². The fraction of sp³-hybridized carbons (Fsp3) is 0.286. The van der Waals surface area contributed by atoms with E-state index in [9.17, 15) is 19.5 Å². The molecule has 2 rings (SSSR count). The average molecular weight is 435 g/mol. The van der Waals surface area contributed by atoms with Crippen LogP contribution in [-0.2, 0) is 32.1 Å². The molecule has 0 saturated heterocycles. The van der Waals surface area contributed by atoms with E-state index in [2.05, 4.69) is 10.6 Å². The van der Waals surface area contributed by atoms with Crippen LogP contribution < -0.4 is 10.6 Å². The lowest BCUT2D eigenvalue weighted by molar-refractivity contribution is -0.145. The number of aliphatic hydroxyl groups is 1. The molecule has 0 aromatic heterocycles. The summed E-state index contributed by atoms with van der Waals surface area (Å²) in [7, 11) is 1.19. The maximum atomic E-state index is 12.5. The summed E-state index contributed by atoms with van der Waals surface area (Å²) in [5.41, 5.74) is 1.40. The van der Waals surface area contributed by atoms with Gasteiger partial charge in [0.2, 0.25) is 5.91 Å². The van der Waals surface area contributed by atoms with Gasteiger partial charge in [-0.25, -0.2) is 9.59 Å². The molecule has 0 aliphatic heterocycles. The van der Waals surface area contributed by atoms with Crippen LogP contribution in [-0.4, -0.2) is 48.9 Å². The van der Waals surface area contributed by atoms with Crippen molar-refractivity contribution in [2.45, 2.75) is 25.1 Å². The Morgan fingerprint density at radius 1 is 1.00 bits per heavy atom. The number of alkyl carbamates (subject to hydrolysis) is 1. The molecule has 0 heterocycles. The Morgan fingerprint density at radius 3 is 2.30 bits per heavy atom. The van der Waals surface area contributed by atoms with E-state index in [4.69, 9.17) is 21.1 Å². The minimum atomic E-state index is -1.31. The second-order valence-corrected chi connectivity index (χ2v) is 6.73. The Hall–Kier alpha value is -3.10. The summed E-state index contributed by atoms with van der Waals surface area (Å²) in [6, 6.07) is 13.5. The first-order chi connectivity index (χ1) is 14.4. The summed E-state index contributed by atoms with van der Waals surface area (Å²) in [5.74, 6) is -1.46. The molecule has 2 amide bonds. The van der Waals surface area contributed by atoms with Crippen LogP contribution >= 0.6 is 11.6 Å². The lowest BCUT2D eigenvalue weighted by Crippen LogP contribution is -2.54. The van der Waals surface area contributed by atoms with Crippen LogP contribution in [0.3, 0.4) is 0 Å². The second-order valence-electron chi connectivity index (χ2n) is 6.32. The SMILES string of the molecule is COC(=O)[C@H](Cc1ccccc1Cl)NC(=O)[C@H](CO)NC(=O)OCc1ccccc1. The molecule has 2 atom stereocenters. The Morgan fingerprint density at radius 2 is 1.67 bits per heavy atom. The quantitative estimate of drug-likeness (QED) is 0.519. The summed E-state index contributed by atoms with van der Waals surface area (Å²) < 4.78 is 9.78. The van der Waals surface area contributed by atoms with Crippen molar-refractivity contribution in [3.05, 3.63) is 70.7 Å². The number of hydrogen-bond donors (Lipinski definition) is 3. The van der Waals surface area contributed by atoms with E-state index in [1.165, 1.54) is 7.11 Å². The minimum Gasteiger partial charge on any atom is -0.467 e. The zero-order valence-corrected chi connectivity index (χ0v) is 17.1. The van der Waals surface area contributed by atoms with Gasteiger partial charge in [0.1, 0.15) is 18.7 Å². The van der Waals surface area contributed by atoms with Crippen LogP contribution in [0.2, 0.25) is 5.02 Å². The molecule has 0 unspecified atom stereocenters. The number of methoxy groups -OCH3 is 1. The number of hydrogen-bond acceptors (Lipinski definition) is 6. The first kappa shape index (κ1) is 23.2. The summed E-state index contributed by atoms with van der Waals surface area (Å²) in [4.78, 5) is 36.6. The highest BCUT2D eigenvalue weighted by atomic mass is 35.5. The van der Waals surface area contributed by atoms with Gasteiger partial charge in [-0.3, -0.25) is 4.79 Å². The van der Waals surface area contributed by atoms with Crippen molar-refractivity contribution in [3.8, 4) is 0 Å². The number of halogens is 1. The topological polar surface area (TPSA) is 114 Å². The number of rotatable bonds is 9. The molecule has 0 aliphatic rings. The van der Waals surface area contributed by atoms with Crippen LogP contribution in [0.4, 0.5) is 4.79 Å². The standard InChI is InChI=1S/C21H23ClN2O6/c1-29-20(27)17(11-15-9-5-6-10-16(15)22)23-19(26)18(12-25)24-21(28)30-13-14-7-3-2-4-8-14/h2-10,17-18,25H,11-13H2,1H3,(H,23,26)(H,24,28)/t17-,18-/m0/s1. The monoisotopic (exact) mass is 434 g/mol. The third kappa shape index (κ3) is 7.06. The molecule has 2 aromatic rings. The van der Waals surface area contributed by atoms with Gasteiger partial charge in [0.25, 0.3) is 0 Å².